The number of rotatable bonds is 2. The average Bonchev–Trinajstić information content (AvgIpc) is 2.26. The highest BCUT2D eigenvalue weighted by molar-refractivity contribution is 6.40. The van der Waals surface area contributed by atoms with Crippen LogP contribution in [0.2, 0.25) is 15.2 Å². The van der Waals surface area contributed by atoms with Gasteiger partial charge in [-0.05, 0) is 30.2 Å². The van der Waals surface area contributed by atoms with E-state index in [0.717, 1.165) is 23.8 Å². The van der Waals surface area contributed by atoms with Crippen molar-refractivity contribution in [3.63, 3.8) is 0 Å². The molecular weight excluding hydrogens is 264 g/mol. The minimum Gasteiger partial charge on any atom is -0.234 e. The zero-order valence-corrected chi connectivity index (χ0v) is 11.0. The quantitative estimate of drug-likeness (QED) is 0.690. The first kappa shape index (κ1) is 12.0. The lowest BCUT2D eigenvalue weighted by atomic mass is 10.1. The van der Waals surface area contributed by atoms with E-state index in [1.165, 1.54) is 0 Å². The van der Waals surface area contributed by atoms with E-state index < -0.39 is 0 Å². The topological polar surface area (TPSA) is 12.9 Å². The van der Waals surface area contributed by atoms with Gasteiger partial charge in [0.25, 0.3) is 0 Å². The van der Waals surface area contributed by atoms with Gasteiger partial charge in [0.05, 0.1) is 15.6 Å². The molecule has 84 valence electrons. The molecule has 0 unspecified atom stereocenters. The molecule has 0 bridgehead atoms. The second-order valence-corrected chi connectivity index (χ2v) is 4.79. The summed E-state index contributed by atoms with van der Waals surface area (Å²) in [5, 5.41) is 2.60. The third-order valence-corrected chi connectivity index (χ3v) is 3.39. The first-order valence-electron chi connectivity index (χ1n) is 5.06. The van der Waals surface area contributed by atoms with Crippen molar-refractivity contribution in [2.24, 2.45) is 0 Å². The third kappa shape index (κ3) is 2.13. The van der Waals surface area contributed by atoms with E-state index >= 15 is 0 Å². The van der Waals surface area contributed by atoms with Gasteiger partial charge in [0.1, 0.15) is 5.15 Å². The van der Waals surface area contributed by atoms with Gasteiger partial charge in [-0.2, -0.15) is 0 Å². The molecule has 0 atom stereocenters. The van der Waals surface area contributed by atoms with Crippen molar-refractivity contribution in [2.75, 3.05) is 0 Å². The molecule has 2 rings (SSSR count). The Kier molecular flexibility index (Phi) is 3.58. The van der Waals surface area contributed by atoms with Gasteiger partial charge in [0.15, 0.2) is 0 Å². The molecule has 0 aliphatic rings. The van der Waals surface area contributed by atoms with Crippen LogP contribution in [0.15, 0.2) is 18.2 Å². The standard InChI is InChI=1S/C12H10Cl3N/c1-2-3-7-6-8-9(13)4-5-10(14)11(8)16-12(7)15/h4-6H,2-3H2,1H3. The molecule has 0 N–H and O–H groups in total. The molecule has 2 aromatic rings. The molecule has 0 aliphatic heterocycles. The highest BCUT2D eigenvalue weighted by atomic mass is 35.5. The van der Waals surface area contributed by atoms with Crippen molar-refractivity contribution in [3.05, 3.63) is 39.0 Å². The Morgan fingerprint density at radius 2 is 1.81 bits per heavy atom. The molecule has 1 aromatic carbocycles. The number of hydrogen-bond acceptors (Lipinski definition) is 1. The molecule has 16 heavy (non-hydrogen) atoms. The van der Waals surface area contributed by atoms with Gasteiger partial charge in [-0.15, -0.1) is 0 Å². The van der Waals surface area contributed by atoms with E-state index in [0.29, 0.717) is 20.7 Å². The fraction of sp³-hybridized carbons (Fsp3) is 0.250. The van der Waals surface area contributed by atoms with Crippen LogP contribution >= 0.6 is 34.8 Å². The van der Waals surface area contributed by atoms with Gasteiger partial charge < -0.3 is 0 Å². The molecule has 0 radical (unpaired) electrons. The van der Waals surface area contributed by atoms with Crippen LogP contribution in [0.25, 0.3) is 10.9 Å². The average molecular weight is 275 g/mol. The number of aromatic nitrogens is 1. The van der Waals surface area contributed by atoms with E-state index in [2.05, 4.69) is 11.9 Å². The minimum atomic E-state index is 0.513. The molecule has 0 aliphatic carbocycles. The van der Waals surface area contributed by atoms with Crippen molar-refractivity contribution >= 4 is 45.7 Å². The number of nitrogens with zero attached hydrogens (tertiary/aromatic N) is 1. The predicted octanol–water partition coefficient (Wildman–Crippen LogP) is 5.15. The summed E-state index contributed by atoms with van der Waals surface area (Å²) in [7, 11) is 0. The summed E-state index contributed by atoms with van der Waals surface area (Å²) in [6.45, 7) is 2.10. The summed E-state index contributed by atoms with van der Waals surface area (Å²) in [5.41, 5.74) is 1.68. The monoisotopic (exact) mass is 273 g/mol. The Bertz CT molecular complexity index is 537. The molecule has 0 saturated carbocycles. The van der Waals surface area contributed by atoms with Gasteiger partial charge in [0.2, 0.25) is 0 Å². The number of pyridine rings is 1. The second-order valence-electron chi connectivity index (χ2n) is 3.61. The summed E-state index contributed by atoms with van der Waals surface area (Å²) in [4.78, 5) is 4.30. The predicted molar refractivity (Wildman–Crippen MR) is 70.8 cm³/mol. The molecule has 1 aromatic heterocycles. The van der Waals surface area contributed by atoms with E-state index in [-0.39, 0.29) is 0 Å². The fourth-order valence-corrected chi connectivity index (χ4v) is 2.30. The lowest BCUT2D eigenvalue weighted by Gasteiger charge is -2.07. The van der Waals surface area contributed by atoms with Crippen LogP contribution in [-0.4, -0.2) is 4.98 Å². The molecule has 0 fully saturated rings. The van der Waals surface area contributed by atoms with Gasteiger partial charge in [-0.25, -0.2) is 4.98 Å². The number of hydrogen-bond donors (Lipinski definition) is 0. The van der Waals surface area contributed by atoms with Crippen LogP contribution in [0, 0.1) is 0 Å². The van der Waals surface area contributed by atoms with E-state index in [4.69, 9.17) is 34.8 Å². The zero-order valence-electron chi connectivity index (χ0n) is 8.73. The Labute approximate surface area is 109 Å². The molecule has 0 saturated heterocycles. The minimum absolute atomic E-state index is 0.513. The zero-order chi connectivity index (χ0) is 11.7. The van der Waals surface area contributed by atoms with Crippen LogP contribution in [0.3, 0.4) is 0 Å². The Morgan fingerprint density at radius 3 is 2.50 bits per heavy atom. The number of fused-ring (bicyclic) bond motifs is 1. The molecule has 1 nitrogen and oxygen atoms in total. The van der Waals surface area contributed by atoms with Crippen LogP contribution in [-0.2, 0) is 6.42 Å². The SMILES string of the molecule is CCCc1cc2c(Cl)ccc(Cl)c2nc1Cl. The fourth-order valence-electron chi connectivity index (χ4n) is 1.66. The maximum atomic E-state index is 6.11. The molecule has 1 heterocycles. The highest BCUT2D eigenvalue weighted by Gasteiger charge is 2.09. The Morgan fingerprint density at radius 1 is 1.12 bits per heavy atom. The maximum absolute atomic E-state index is 6.11. The van der Waals surface area contributed by atoms with Crippen molar-refractivity contribution in [2.45, 2.75) is 19.8 Å². The summed E-state index contributed by atoms with van der Waals surface area (Å²) in [5.74, 6) is 0. The summed E-state index contributed by atoms with van der Waals surface area (Å²) in [6.07, 6.45) is 1.91. The number of aryl methyl sites for hydroxylation is 1. The lowest BCUT2D eigenvalue weighted by molar-refractivity contribution is 0.918. The Balaban J connectivity index is 2.73. The number of benzene rings is 1. The van der Waals surface area contributed by atoms with E-state index in [1.54, 1.807) is 12.1 Å². The summed E-state index contributed by atoms with van der Waals surface area (Å²) in [6, 6.07) is 5.48. The summed E-state index contributed by atoms with van der Waals surface area (Å²) < 4.78 is 0. The van der Waals surface area contributed by atoms with Crippen molar-refractivity contribution in [1.82, 2.24) is 4.98 Å². The maximum Gasteiger partial charge on any atom is 0.133 e. The third-order valence-electron chi connectivity index (χ3n) is 2.43. The van der Waals surface area contributed by atoms with Crippen molar-refractivity contribution in [3.8, 4) is 0 Å². The van der Waals surface area contributed by atoms with Gasteiger partial charge in [0, 0.05) is 5.39 Å². The van der Waals surface area contributed by atoms with Gasteiger partial charge >= 0.3 is 0 Å². The highest BCUT2D eigenvalue weighted by Crippen LogP contribution is 2.31. The van der Waals surface area contributed by atoms with Crippen LogP contribution in [0.1, 0.15) is 18.9 Å². The summed E-state index contributed by atoms with van der Waals surface area (Å²) >= 11 is 18.3. The normalized spacial score (nSPS) is 11.0. The van der Waals surface area contributed by atoms with Crippen LogP contribution in [0.5, 0.6) is 0 Å². The van der Waals surface area contributed by atoms with E-state index in [1.807, 2.05) is 6.07 Å². The Hall–Kier alpha value is -0.500. The molecule has 0 spiro atoms. The van der Waals surface area contributed by atoms with Crippen molar-refractivity contribution in [1.29, 1.82) is 0 Å². The van der Waals surface area contributed by atoms with Crippen molar-refractivity contribution < 1.29 is 0 Å². The van der Waals surface area contributed by atoms with Gasteiger partial charge in [-0.3, -0.25) is 0 Å². The van der Waals surface area contributed by atoms with Crippen LogP contribution in [0.4, 0.5) is 0 Å². The second kappa shape index (κ2) is 4.79. The number of halogens is 3. The molecular formula is C12H10Cl3N. The first-order chi connectivity index (χ1) is 7.63. The van der Waals surface area contributed by atoms with E-state index in [9.17, 15) is 0 Å². The van der Waals surface area contributed by atoms with Crippen LogP contribution < -0.4 is 0 Å². The molecule has 0 amide bonds. The largest absolute Gasteiger partial charge is 0.234 e. The van der Waals surface area contributed by atoms with Gasteiger partial charge in [-0.1, -0.05) is 48.1 Å². The molecule has 4 heteroatoms. The lowest BCUT2D eigenvalue weighted by Crippen LogP contribution is -1.91. The first-order valence-corrected chi connectivity index (χ1v) is 6.20. The smallest absolute Gasteiger partial charge is 0.133 e.